The predicted octanol–water partition coefficient (Wildman–Crippen LogP) is 4.04. The average molecular weight is 306 g/mol. The van der Waals surface area contributed by atoms with E-state index in [0.717, 1.165) is 28.8 Å². The van der Waals surface area contributed by atoms with Crippen LogP contribution in [0, 0.1) is 0 Å². The lowest BCUT2D eigenvalue weighted by Gasteiger charge is -2.01. The zero-order valence-electron chi connectivity index (χ0n) is 10.7. The van der Waals surface area contributed by atoms with Gasteiger partial charge in [-0.15, -0.1) is 0 Å². The average Bonchev–Trinajstić information content (AvgIpc) is 2.83. The zero-order valence-corrected chi connectivity index (χ0v) is 12.2. The largest absolute Gasteiger partial charge is 0.338 e. The molecule has 5 heteroatoms. The summed E-state index contributed by atoms with van der Waals surface area (Å²) in [5.74, 6) is 0.803. The summed E-state index contributed by atoms with van der Waals surface area (Å²) in [4.78, 5) is 7.82. The van der Waals surface area contributed by atoms with Gasteiger partial charge >= 0.3 is 0 Å². The van der Waals surface area contributed by atoms with Crippen molar-refractivity contribution in [1.29, 1.82) is 0 Å². The summed E-state index contributed by atoms with van der Waals surface area (Å²) in [6.45, 7) is 0.634. The number of nitrogens with zero attached hydrogens (tertiary/aromatic N) is 1. The van der Waals surface area contributed by atoms with Crippen molar-refractivity contribution >= 4 is 34.2 Å². The molecule has 0 aliphatic rings. The second-order valence-electron chi connectivity index (χ2n) is 4.61. The minimum atomic E-state index is 0.508. The predicted molar refractivity (Wildman–Crippen MR) is 84.3 cm³/mol. The number of hydrogen-bond acceptors (Lipinski definition) is 2. The minimum absolute atomic E-state index is 0.508. The Kier molecular flexibility index (Phi) is 3.66. The molecule has 3 N–H and O–H groups in total. The Morgan fingerprint density at radius 2 is 1.90 bits per heavy atom. The Morgan fingerprint density at radius 3 is 2.70 bits per heavy atom. The molecule has 0 amide bonds. The molecule has 3 aromatic rings. The summed E-state index contributed by atoms with van der Waals surface area (Å²) in [7, 11) is 0. The third-order valence-corrected chi connectivity index (χ3v) is 3.88. The molecule has 0 unspecified atom stereocenters. The van der Waals surface area contributed by atoms with E-state index in [2.05, 4.69) is 22.1 Å². The smallest absolute Gasteiger partial charge is 0.138 e. The number of hydrogen-bond donors (Lipinski definition) is 2. The van der Waals surface area contributed by atoms with Gasteiger partial charge in [0.05, 0.1) is 21.1 Å². The molecule has 1 heterocycles. The first-order chi connectivity index (χ1) is 9.67. The van der Waals surface area contributed by atoms with Gasteiger partial charge in [0.15, 0.2) is 0 Å². The Morgan fingerprint density at radius 1 is 1.10 bits per heavy atom. The van der Waals surface area contributed by atoms with Crippen LogP contribution in [0.5, 0.6) is 0 Å². The normalized spacial score (nSPS) is 11.2. The first-order valence-corrected chi connectivity index (χ1v) is 7.07. The monoisotopic (exact) mass is 305 g/mol. The number of fused-ring (bicyclic) bond motifs is 1. The van der Waals surface area contributed by atoms with Crippen molar-refractivity contribution in [3.8, 4) is 11.4 Å². The number of nitrogens with two attached hydrogens (primary N) is 1. The molecule has 20 heavy (non-hydrogen) atoms. The highest BCUT2D eigenvalue weighted by molar-refractivity contribution is 6.42. The lowest BCUT2D eigenvalue weighted by atomic mass is 10.1. The maximum absolute atomic E-state index is 6.02. The van der Waals surface area contributed by atoms with Gasteiger partial charge in [0.1, 0.15) is 5.82 Å². The van der Waals surface area contributed by atoms with Gasteiger partial charge in [0, 0.05) is 5.56 Å². The Bertz CT molecular complexity index is 726. The van der Waals surface area contributed by atoms with Crippen molar-refractivity contribution in [3.05, 3.63) is 52.0 Å². The van der Waals surface area contributed by atoms with E-state index in [4.69, 9.17) is 28.9 Å². The van der Waals surface area contributed by atoms with E-state index in [1.54, 1.807) is 12.1 Å². The van der Waals surface area contributed by atoms with Crippen LogP contribution in [0.15, 0.2) is 36.4 Å². The van der Waals surface area contributed by atoms with E-state index in [1.165, 1.54) is 5.56 Å². The maximum atomic E-state index is 6.02. The van der Waals surface area contributed by atoms with E-state index >= 15 is 0 Å². The van der Waals surface area contributed by atoms with Crippen LogP contribution in [-0.4, -0.2) is 16.5 Å². The van der Waals surface area contributed by atoms with Crippen LogP contribution < -0.4 is 5.73 Å². The standard InChI is InChI=1S/C15H13Cl2N3/c16-11-7-13-14(8-12(11)17)20-15(19-13)10-3-1-2-9(6-10)4-5-18/h1-3,6-8H,4-5,18H2,(H,19,20). The molecule has 3 rings (SSSR count). The van der Waals surface area contributed by atoms with Gasteiger partial charge in [0.2, 0.25) is 0 Å². The lowest BCUT2D eigenvalue weighted by Crippen LogP contribution is -2.02. The van der Waals surface area contributed by atoms with Crippen molar-refractivity contribution in [2.75, 3.05) is 6.54 Å². The van der Waals surface area contributed by atoms with Gasteiger partial charge < -0.3 is 10.7 Å². The number of H-pyrrole nitrogens is 1. The quantitative estimate of drug-likeness (QED) is 0.767. The van der Waals surface area contributed by atoms with Crippen molar-refractivity contribution in [2.45, 2.75) is 6.42 Å². The van der Waals surface area contributed by atoms with Gasteiger partial charge in [-0.25, -0.2) is 4.98 Å². The number of aromatic nitrogens is 2. The fourth-order valence-electron chi connectivity index (χ4n) is 2.18. The number of nitrogens with one attached hydrogen (secondary N) is 1. The SMILES string of the molecule is NCCc1cccc(-c2nc3cc(Cl)c(Cl)cc3[nH]2)c1. The fraction of sp³-hybridized carbons (Fsp3) is 0.133. The van der Waals surface area contributed by atoms with Crippen LogP contribution in [0.25, 0.3) is 22.4 Å². The summed E-state index contributed by atoms with van der Waals surface area (Å²) in [5, 5.41) is 1.03. The highest BCUT2D eigenvalue weighted by Crippen LogP contribution is 2.28. The van der Waals surface area contributed by atoms with Gasteiger partial charge in [-0.05, 0) is 36.7 Å². The third kappa shape index (κ3) is 2.52. The molecule has 3 nitrogen and oxygen atoms in total. The van der Waals surface area contributed by atoms with Crippen molar-refractivity contribution < 1.29 is 0 Å². The number of benzene rings is 2. The zero-order chi connectivity index (χ0) is 14.1. The molecule has 0 saturated carbocycles. The Balaban J connectivity index is 2.07. The molecule has 0 saturated heterocycles. The van der Waals surface area contributed by atoms with Crippen LogP contribution in [0.3, 0.4) is 0 Å². The first-order valence-electron chi connectivity index (χ1n) is 6.31. The van der Waals surface area contributed by atoms with Crippen LogP contribution in [0.4, 0.5) is 0 Å². The number of rotatable bonds is 3. The molecule has 0 radical (unpaired) electrons. The highest BCUT2D eigenvalue weighted by atomic mass is 35.5. The van der Waals surface area contributed by atoms with Gasteiger partial charge in [-0.3, -0.25) is 0 Å². The molecule has 0 aliphatic carbocycles. The maximum Gasteiger partial charge on any atom is 0.138 e. The lowest BCUT2D eigenvalue weighted by molar-refractivity contribution is 0.969. The van der Waals surface area contributed by atoms with Crippen LogP contribution >= 0.6 is 23.2 Å². The second-order valence-corrected chi connectivity index (χ2v) is 5.42. The summed E-state index contributed by atoms with van der Waals surface area (Å²) in [6, 6.07) is 11.7. The molecule has 0 aliphatic heterocycles. The molecular weight excluding hydrogens is 293 g/mol. The number of halogens is 2. The summed E-state index contributed by atoms with van der Waals surface area (Å²) in [5.41, 5.74) is 9.49. The molecule has 1 aromatic heterocycles. The summed E-state index contributed by atoms with van der Waals surface area (Å²) >= 11 is 12.0. The Hall–Kier alpha value is -1.55. The third-order valence-electron chi connectivity index (χ3n) is 3.16. The Labute approximate surface area is 126 Å². The topological polar surface area (TPSA) is 54.7 Å². The van der Waals surface area contributed by atoms with Gasteiger partial charge in [-0.1, -0.05) is 41.4 Å². The van der Waals surface area contributed by atoms with E-state index in [0.29, 0.717) is 16.6 Å². The summed E-state index contributed by atoms with van der Waals surface area (Å²) in [6.07, 6.45) is 0.853. The van der Waals surface area contributed by atoms with Crippen LogP contribution in [0.2, 0.25) is 10.0 Å². The van der Waals surface area contributed by atoms with Crippen LogP contribution in [0.1, 0.15) is 5.56 Å². The van der Waals surface area contributed by atoms with Gasteiger partial charge in [-0.2, -0.15) is 0 Å². The van der Waals surface area contributed by atoms with Crippen molar-refractivity contribution in [1.82, 2.24) is 9.97 Å². The van der Waals surface area contributed by atoms with Crippen molar-refractivity contribution in [2.24, 2.45) is 5.73 Å². The first kappa shape index (κ1) is 13.4. The van der Waals surface area contributed by atoms with E-state index in [-0.39, 0.29) is 0 Å². The molecule has 102 valence electrons. The molecule has 0 bridgehead atoms. The van der Waals surface area contributed by atoms with Gasteiger partial charge in [0.25, 0.3) is 0 Å². The highest BCUT2D eigenvalue weighted by Gasteiger charge is 2.08. The molecular formula is C15H13Cl2N3. The van der Waals surface area contributed by atoms with E-state index in [9.17, 15) is 0 Å². The van der Waals surface area contributed by atoms with E-state index < -0.39 is 0 Å². The summed E-state index contributed by atoms with van der Waals surface area (Å²) < 4.78 is 0. The molecule has 0 atom stereocenters. The van der Waals surface area contributed by atoms with Crippen LogP contribution in [-0.2, 0) is 6.42 Å². The fourth-order valence-corrected chi connectivity index (χ4v) is 2.50. The second kappa shape index (κ2) is 5.44. The number of imidazole rings is 1. The molecule has 0 spiro atoms. The van der Waals surface area contributed by atoms with Crippen molar-refractivity contribution in [3.63, 3.8) is 0 Å². The number of aromatic amines is 1. The molecule has 2 aromatic carbocycles. The van der Waals surface area contributed by atoms with E-state index in [1.807, 2.05) is 12.1 Å². The minimum Gasteiger partial charge on any atom is -0.338 e. The molecule has 0 fully saturated rings.